The van der Waals surface area contributed by atoms with E-state index >= 15 is 0 Å². The number of piperidine rings is 1. The zero-order valence-corrected chi connectivity index (χ0v) is 13.0. The van der Waals surface area contributed by atoms with Crippen molar-refractivity contribution in [3.8, 4) is 0 Å². The molecule has 2 atom stereocenters. The number of halogens is 1. The van der Waals surface area contributed by atoms with Crippen molar-refractivity contribution in [1.82, 2.24) is 10.2 Å². The van der Waals surface area contributed by atoms with E-state index in [4.69, 9.17) is 5.73 Å². The van der Waals surface area contributed by atoms with Gasteiger partial charge in [-0.2, -0.15) is 0 Å². The van der Waals surface area contributed by atoms with Gasteiger partial charge in [-0.25, -0.2) is 0 Å². The summed E-state index contributed by atoms with van der Waals surface area (Å²) in [6.07, 6.45) is 0.645. The van der Waals surface area contributed by atoms with Gasteiger partial charge in [0.1, 0.15) is 6.04 Å². The first-order chi connectivity index (χ1) is 9.97. The molecule has 7 heteroatoms. The van der Waals surface area contributed by atoms with Crippen LogP contribution in [0.2, 0.25) is 0 Å². The van der Waals surface area contributed by atoms with E-state index in [1.165, 1.54) is 4.90 Å². The Kier molecular flexibility index (Phi) is 4.53. The number of carbonyl (C=O) groups is 3. The van der Waals surface area contributed by atoms with Gasteiger partial charge in [-0.3, -0.25) is 19.7 Å². The maximum absolute atomic E-state index is 12.4. The van der Waals surface area contributed by atoms with Crippen LogP contribution in [0.4, 0.5) is 0 Å². The van der Waals surface area contributed by atoms with Gasteiger partial charge in [0.25, 0.3) is 5.91 Å². The summed E-state index contributed by atoms with van der Waals surface area (Å²) < 4.78 is 0. The van der Waals surface area contributed by atoms with Crippen LogP contribution in [0.25, 0.3) is 0 Å². The standard InChI is InChI=1S/C15H17N3O3.ClH/c1-8(16)9-2-3-11-10(6-9)7-18(15(11)21)12-4-5-13(19)17-14(12)20;/h2-3,6,8,12H,4-5,7,16H2,1H3,(H,17,19,20);1H. The lowest BCUT2D eigenvalue weighted by molar-refractivity contribution is -0.136. The summed E-state index contributed by atoms with van der Waals surface area (Å²) in [6, 6.07) is 4.86. The molecule has 22 heavy (non-hydrogen) atoms. The Morgan fingerprint density at radius 2 is 2.05 bits per heavy atom. The van der Waals surface area contributed by atoms with Crippen LogP contribution >= 0.6 is 12.4 Å². The zero-order chi connectivity index (χ0) is 15.1. The monoisotopic (exact) mass is 323 g/mol. The molecule has 2 aliphatic rings. The van der Waals surface area contributed by atoms with Gasteiger partial charge in [-0.15, -0.1) is 12.4 Å². The smallest absolute Gasteiger partial charge is 0.255 e. The minimum atomic E-state index is -0.568. The molecule has 0 spiro atoms. The van der Waals surface area contributed by atoms with E-state index in [0.29, 0.717) is 18.5 Å². The van der Waals surface area contributed by atoms with Crippen molar-refractivity contribution in [3.63, 3.8) is 0 Å². The average Bonchev–Trinajstić information content (AvgIpc) is 2.75. The third kappa shape index (κ3) is 2.71. The van der Waals surface area contributed by atoms with Crippen molar-refractivity contribution in [2.24, 2.45) is 5.73 Å². The molecule has 0 radical (unpaired) electrons. The van der Waals surface area contributed by atoms with E-state index in [-0.39, 0.29) is 42.6 Å². The molecule has 1 saturated heterocycles. The van der Waals surface area contributed by atoms with Crippen molar-refractivity contribution < 1.29 is 14.4 Å². The number of hydrogen-bond acceptors (Lipinski definition) is 4. The Morgan fingerprint density at radius 1 is 1.32 bits per heavy atom. The average molecular weight is 324 g/mol. The van der Waals surface area contributed by atoms with Crippen LogP contribution in [0.3, 0.4) is 0 Å². The second-order valence-corrected chi connectivity index (χ2v) is 5.61. The van der Waals surface area contributed by atoms with Crippen molar-refractivity contribution >= 4 is 30.1 Å². The molecule has 3 N–H and O–H groups in total. The molecule has 2 aliphatic heterocycles. The molecule has 2 heterocycles. The predicted molar refractivity (Wildman–Crippen MR) is 82.3 cm³/mol. The highest BCUT2D eigenvalue weighted by molar-refractivity contribution is 6.05. The van der Waals surface area contributed by atoms with Gasteiger partial charge in [0.15, 0.2) is 0 Å². The lowest BCUT2D eigenvalue weighted by Gasteiger charge is -2.29. The summed E-state index contributed by atoms with van der Waals surface area (Å²) in [5.41, 5.74) is 8.32. The Morgan fingerprint density at radius 3 is 2.68 bits per heavy atom. The van der Waals surface area contributed by atoms with Crippen molar-refractivity contribution in [3.05, 3.63) is 34.9 Å². The Labute approximate surface area is 134 Å². The highest BCUT2D eigenvalue weighted by atomic mass is 35.5. The second-order valence-electron chi connectivity index (χ2n) is 5.61. The molecular formula is C15H18ClN3O3. The van der Waals surface area contributed by atoms with Crippen molar-refractivity contribution in [2.75, 3.05) is 0 Å². The molecule has 3 rings (SSSR count). The van der Waals surface area contributed by atoms with Crippen molar-refractivity contribution in [1.29, 1.82) is 0 Å². The van der Waals surface area contributed by atoms with Gasteiger partial charge in [0.2, 0.25) is 11.8 Å². The van der Waals surface area contributed by atoms with Crippen LogP contribution in [-0.2, 0) is 16.1 Å². The number of nitrogens with two attached hydrogens (primary N) is 1. The molecule has 2 unspecified atom stereocenters. The molecule has 6 nitrogen and oxygen atoms in total. The van der Waals surface area contributed by atoms with Crippen LogP contribution in [0.15, 0.2) is 18.2 Å². The number of fused-ring (bicyclic) bond motifs is 1. The first-order valence-electron chi connectivity index (χ1n) is 7.00. The summed E-state index contributed by atoms with van der Waals surface area (Å²) in [7, 11) is 0. The molecule has 0 aliphatic carbocycles. The third-order valence-corrected chi connectivity index (χ3v) is 4.07. The summed E-state index contributed by atoms with van der Waals surface area (Å²) in [6.45, 7) is 2.28. The molecule has 0 saturated carbocycles. The third-order valence-electron chi connectivity index (χ3n) is 4.07. The van der Waals surface area contributed by atoms with Gasteiger partial charge >= 0.3 is 0 Å². The van der Waals surface area contributed by atoms with Gasteiger partial charge in [-0.05, 0) is 30.5 Å². The molecule has 0 aromatic heterocycles. The molecule has 118 valence electrons. The van der Waals surface area contributed by atoms with Crippen LogP contribution in [-0.4, -0.2) is 28.7 Å². The van der Waals surface area contributed by atoms with Gasteiger partial charge in [-0.1, -0.05) is 12.1 Å². The quantitative estimate of drug-likeness (QED) is 0.790. The number of rotatable bonds is 2. The minimum absolute atomic E-state index is 0. The summed E-state index contributed by atoms with van der Waals surface area (Å²) in [5, 5.41) is 2.29. The van der Waals surface area contributed by atoms with Crippen molar-refractivity contribution in [2.45, 2.75) is 38.4 Å². The van der Waals surface area contributed by atoms with Crippen LogP contribution in [0.5, 0.6) is 0 Å². The number of carbonyl (C=O) groups excluding carboxylic acids is 3. The van der Waals surface area contributed by atoms with E-state index in [2.05, 4.69) is 5.32 Å². The predicted octanol–water partition coefficient (Wildman–Crippen LogP) is 0.889. The maximum atomic E-state index is 12.4. The first kappa shape index (κ1) is 16.5. The molecule has 1 aromatic rings. The van der Waals surface area contributed by atoms with E-state index in [0.717, 1.165) is 11.1 Å². The minimum Gasteiger partial charge on any atom is -0.324 e. The lowest BCUT2D eigenvalue weighted by atomic mass is 10.0. The Bertz CT molecular complexity index is 645. The van der Waals surface area contributed by atoms with Crippen LogP contribution in [0.1, 0.15) is 47.3 Å². The molecule has 1 aromatic carbocycles. The van der Waals surface area contributed by atoms with E-state index in [1.54, 1.807) is 6.07 Å². The van der Waals surface area contributed by atoms with E-state index in [9.17, 15) is 14.4 Å². The number of nitrogens with one attached hydrogen (secondary N) is 1. The highest BCUT2D eigenvalue weighted by Gasteiger charge is 2.39. The number of nitrogens with zero attached hydrogens (tertiary/aromatic N) is 1. The summed E-state index contributed by atoms with van der Waals surface area (Å²) >= 11 is 0. The van der Waals surface area contributed by atoms with Gasteiger partial charge in [0.05, 0.1) is 0 Å². The largest absolute Gasteiger partial charge is 0.324 e. The first-order valence-corrected chi connectivity index (χ1v) is 7.00. The molecule has 1 fully saturated rings. The van der Waals surface area contributed by atoms with Crippen LogP contribution < -0.4 is 11.1 Å². The van der Waals surface area contributed by atoms with Gasteiger partial charge < -0.3 is 10.6 Å². The fraction of sp³-hybridized carbons (Fsp3) is 0.400. The highest BCUT2D eigenvalue weighted by Crippen LogP contribution is 2.29. The maximum Gasteiger partial charge on any atom is 0.255 e. The fourth-order valence-corrected chi connectivity index (χ4v) is 2.88. The number of amides is 3. The van der Waals surface area contributed by atoms with Gasteiger partial charge in [0, 0.05) is 24.6 Å². The lowest BCUT2D eigenvalue weighted by Crippen LogP contribution is -2.52. The number of benzene rings is 1. The van der Waals surface area contributed by atoms with Crippen LogP contribution in [0, 0.1) is 0 Å². The fourth-order valence-electron chi connectivity index (χ4n) is 2.88. The Hall–Kier alpha value is -1.92. The molecular weight excluding hydrogens is 306 g/mol. The zero-order valence-electron chi connectivity index (χ0n) is 12.2. The second kappa shape index (κ2) is 6.06. The SMILES string of the molecule is CC(N)c1ccc2c(c1)CN(C1CCC(=O)NC1=O)C2=O.Cl. The van der Waals surface area contributed by atoms with E-state index < -0.39 is 6.04 Å². The molecule has 0 bridgehead atoms. The molecule has 3 amide bonds. The van der Waals surface area contributed by atoms with E-state index in [1.807, 2.05) is 19.1 Å². The summed E-state index contributed by atoms with van der Waals surface area (Å²) in [5.74, 6) is -0.824. The number of imide groups is 1. The topological polar surface area (TPSA) is 92.5 Å². The number of hydrogen-bond donors (Lipinski definition) is 2. The summed E-state index contributed by atoms with van der Waals surface area (Å²) in [4.78, 5) is 37.1. The Balaban J connectivity index is 0.00000176. The normalized spacial score (nSPS) is 22.0.